The Bertz CT molecular complexity index is 1080. The molecule has 0 atom stereocenters. The van der Waals surface area contributed by atoms with E-state index in [2.05, 4.69) is 27.3 Å². The van der Waals surface area contributed by atoms with Crippen molar-refractivity contribution in [3.8, 4) is 0 Å². The Kier molecular flexibility index (Phi) is 6.51. The number of amides is 2. The number of carbonyl (C=O) groups excluding carboxylic acids is 2. The van der Waals surface area contributed by atoms with Gasteiger partial charge in [-0.25, -0.2) is 4.98 Å². The summed E-state index contributed by atoms with van der Waals surface area (Å²) in [6, 6.07) is 2.86. The van der Waals surface area contributed by atoms with Gasteiger partial charge in [-0.1, -0.05) is 6.58 Å². The van der Waals surface area contributed by atoms with E-state index >= 15 is 0 Å². The number of nitrogens with one attached hydrogen (secondary N) is 2. The lowest BCUT2D eigenvalue weighted by Gasteiger charge is -2.29. The molecule has 3 heterocycles. The second kappa shape index (κ2) is 9.12. The molecule has 0 bridgehead atoms. The maximum Gasteiger partial charge on any atom is 0.405 e. The zero-order valence-electron chi connectivity index (χ0n) is 17.4. The van der Waals surface area contributed by atoms with Crippen molar-refractivity contribution in [1.29, 1.82) is 0 Å². The quantitative estimate of drug-likeness (QED) is 0.364. The summed E-state index contributed by atoms with van der Waals surface area (Å²) in [6.45, 7) is 4.54. The van der Waals surface area contributed by atoms with Gasteiger partial charge >= 0.3 is 6.18 Å². The van der Waals surface area contributed by atoms with Crippen molar-refractivity contribution < 1.29 is 27.5 Å². The number of aryl methyl sites for hydroxylation is 1. The molecule has 12 heteroatoms. The van der Waals surface area contributed by atoms with Gasteiger partial charge in [-0.05, 0) is 19.1 Å². The topological polar surface area (TPSA) is 101 Å². The molecule has 0 unspecified atom stereocenters. The van der Waals surface area contributed by atoms with E-state index in [4.69, 9.17) is 4.74 Å². The van der Waals surface area contributed by atoms with E-state index in [0.717, 1.165) is 0 Å². The lowest BCUT2D eigenvalue weighted by molar-refractivity contribution is -0.122. The number of nitrogens with zero attached hydrogens (tertiary/aromatic N) is 4. The monoisotopic (exact) mass is 450 g/mol. The molecule has 1 aliphatic rings. The summed E-state index contributed by atoms with van der Waals surface area (Å²) in [5, 5.41) is 9.06. The highest BCUT2D eigenvalue weighted by molar-refractivity contribution is 6.07. The smallest absolute Gasteiger partial charge is 0.405 e. The van der Waals surface area contributed by atoms with Gasteiger partial charge in [-0.3, -0.25) is 19.2 Å². The van der Waals surface area contributed by atoms with Crippen molar-refractivity contribution in [2.75, 3.05) is 28.6 Å². The Morgan fingerprint density at radius 2 is 2.16 bits per heavy atom. The lowest BCUT2D eigenvalue weighted by atomic mass is 10.2. The fraction of sp³-hybridized carbons (Fsp3) is 0.300. The van der Waals surface area contributed by atoms with E-state index in [1.54, 1.807) is 13.2 Å². The highest BCUT2D eigenvalue weighted by Crippen LogP contribution is 2.28. The summed E-state index contributed by atoms with van der Waals surface area (Å²) in [5.74, 6) is -0.0729. The van der Waals surface area contributed by atoms with Gasteiger partial charge in [0.15, 0.2) is 5.82 Å². The number of alkyl halides is 3. The molecule has 170 valence electrons. The molecule has 0 radical (unpaired) electrons. The standard InChI is InChI=1S/C20H21F3N6O3/c1-12(19(31)26-15-9-28(3)27-18(15)29-7-5-17(29)30)10-32-13(2)14-4-6-24-16(8-14)25-11-20(21,22)23/h4,6,8-10H,2,5,7,11H2,1,3H3,(H,24,25)(H,26,31)/b12-10+. The molecular weight excluding hydrogens is 429 g/mol. The Morgan fingerprint density at radius 3 is 2.78 bits per heavy atom. The molecule has 0 aromatic carbocycles. The van der Waals surface area contributed by atoms with Crippen molar-refractivity contribution in [3.05, 3.63) is 48.5 Å². The molecule has 0 spiro atoms. The van der Waals surface area contributed by atoms with Gasteiger partial charge in [0.05, 0.1) is 12.5 Å². The van der Waals surface area contributed by atoms with Gasteiger partial charge in [0.1, 0.15) is 23.8 Å². The predicted octanol–water partition coefficient (Wildman–Crippen LogP) is 3.06. The van der Waals surface area contributed by atoms with Crippen LogP contribution in [0.25, 0.3) is 5.76 Å². The Labute approximate surface area is 181 Å². The number of halogens is 3. The summed E-state index contributed by atoms with van der Waals surface area (Å²) in [4.78, 5) is 29.5. The predicted molar refractivity (Wildman–Crippen MR) is 111 cm³/mol. The van der Waals surface area contributed by atoms with Gasteiger partial charge in [-0.2, -0.15) is 18.3 Å². The Balaban J connectivity index is 1.62. The van der Waals surface area contributed by atoms with E-state index in [-0.39, 0.29) is 23.1 Å². The zero-order valence-corrected chi connectivity index (χ0v) is 17.4. The first-order valence-electron chi connectivity index (χ1n) is 9.48. The molecule has 0 saturated carbocycles. The van der Waals surface area contributed by atoms with Crippen LogP contribution in [-0.2, 0) is 21.4 Å². The normalized spacial score (nSPS) is 14.1. The van der Waals surface area contributed by atoms with Crippen LogP contribution >= 0.6 is 0 Å². The Morgan fingerprint density at radius 1 is 1.41 bits per heavy atom. The number of rotatable bonds is 8. The number of anilines is 3. The van der Waals surface area contributed by atoms with Gasteiger partial charge < -0.3 is 15.4 Å². The molecule has 32 heavy (non-hydrogen) atoms. The largest absolute Gasteiger partial charge is 0.465 e. The number of pyridine rings is 1. The number of aromatic nitrogens is 3. The first-order chi connectivity index (χ1) is 15.0. The number of ether oxygens (including phenoxy) is 1. The molecule has 1 saturated heterocycles. The van der Waals surface area contributed by atoms with Crippen LogP contribution in [0.4, 0.5) is 30.5 Å². The summed E-state index contributed by atoms with van der Waals surface area (Å²) in [5.41, 5.74) is 0.965. The SMILES string of the molecule is C=C(O/C=C(\C)C(=O)Nc1cn(C)nc1N1CCC1=O)c1ccnc(NCC(F)(F)F)c1. The van der Waals surface area contributed by atoms with Crippen LogP contribution in [0.3, 0.4) is 0 Å². The molecule has 2 aromatic rings. The van der Waals surface area contributed by atoms with Gasteiger partial charge in [0, 0.05) is 37.3 Å². The molecule has 1 fully saturated rings. The Hall–Kier alpha value is -3.83. The second-order valence-corrected chi connectivity index (χ2v) is 7.03. The molecule has 1 aliphatic heterocycles. The maximum absolute atomic E-state index is 12.5. The van der Waals surface area contributed by atoms with Gasteiger partial charge in [0.25, 0.3) is 5.91 Å². The van der Waals surface area contributed by atoms with Crippen LogP contribution < -0.4 is 15.5 Å². The third-order valence-electron chi connectivity index (χ3n) is 4.45. The van der Waals surface area contributed by atoms with Crippen molar-refractivity contribution in [2.24, 2.45) is 7.05 Å². The average Bonchev–Trinajstić information content (AvgIpc) is 3.07. The van der Waals surface area contributed by atoms with Crippen LogP contribution in [0.2, 0.25) is 0 Å². The molecule has 9 nitrogen and oxygen atoms in total. The fourth-order valence-corrected chi connectivity index (χ4v) is 2.70. The summed E-state index contributed by atoms with van der Waals surface area (Å²) < 4.78 is 43.9. The van der Waals surface area contributed by atoms with E-state index in [1.807, 2.05) is 0 Å². The summed E-state index contributed by atoms with van der Waals surface area (Å²) in [6.07, 6.45) is 0.119. The molecule has 0 aliphatic carbocycles. The molecule has 2 aromatic heterocycles. The number of carbonyl (C=O) groups is 2. The van der Waals surface area contributed by atoms with E-state index in [0.29, 0.717) is 30.0 Å². The van der Waals surface area contributed by atoms with Gasteiger partial charge in [0.2, 0.25) is 5.91 Å². The minimum atomic E-state index is -4.38. The van der Waals surface area contributed by atoms with Crippen LogP contribution in [0.1, 0.15) is 18.9 Å². The highest BCUT2D eigenvalue weighted by atomic mass is 19.4. The molecule has 2 amide bonds. The number of hydrogen-bond donors (Lipinski definition) is 2. The zero-order chi connectivity index (χ0) is 23.5. The van der Waals surface area contributed by atoms with Crippen LogP contribution in [0, 0.1) is 0 Å². The lowest BCUT2D eigenvalue weighted by Crippen LogP contribution is -2.44. The van der Waals surface area contributed by atoms with E-state index in [9.17, 15) is 22.8 Å². The molecule has 2 N–H and O–H groups in total. The third-order valence-corrected chi connectivity index (χ3v) is 4.45. The highest BCUT2D eigenvalue weighted by Gasteiger charge is 2.30. The van der Waals surface area contributed by atoms with Crippen molar-refractivity contribution in [2.45, 2.75) is 19.5 Å². The van der Waals surface area contributed by atoms with Crippen LogP contribution in [0.15, 0.2) is 42.9 Å². The second-order valence-electron chi connectivity index (χ2n) is 7.03. The van der Waals surface area contributed by atoms with E-state index < -0.39 is 18.6 Å². The van der Waals surface area contributed by atoms with Crippen molar-refractivity contribution in [1.82, 2.24) is 14.8 Å². The minimum absolute atomic E-state index is 0.00710. The average molecular weight is 450 g/mol. The summed E-state index contributed by atoms with van der Waals surface area (Å²) >= 11 is 0. The van der Waals surface area contributed by atoms with Crippen LogP contribution in [0.5, 0.6) is 0 Å². The first-order valence-corrected chi connectivity index (χ1v) is 9.48. The van der Waals surface area contributed by atoms with Crippen molar-refractivity contribution in [3.63, 3.8) is 0 Å². The number of β-lactam (4-membered cyclic amide) rings is 1. The summed E-state index contributed by atoms with van der Waals surface area (Å²) in [7, 11) is 1.67. The van der Waals surface area contributed by atoms with Crippen LogP contribution in [-0.4, -0.2) is 45.8 Å². The first kappa shape index (κ1) is 22.8. The maximum atomic E-state index is 12.5. The number of hydrogen-bond acceptors (Lipinski definition) is 6. The third kappa shape index (κ3) is 5.65. The molecule has 3 rings (SSSR count). The van der Waals surface area contributed by atoms with Crippen molar-refractivity contribution >= 4 is 34.9 Å². The van der Waals surface area contributed by atoms with Gasteiger partial charge in [-0.15, -0.1) is 0 Å². The minimum Gasteiger partial charge on any atom is -0.465 e. The van der Waals surface area contributed by atoms with E-state index in [1.165, 1.54) is 41.1 Å². The fourth-order valence-electron chi connectivity index (χ4n) is 2.70. The molecular formula is C20H21F3N6O3.